The minimum Gasteiger partial charge on any atom is -0.485 e. The highest BCUT2D eigenvalue weighted by atomic mass is 32.1. The summed E-state index contributed by atoms with van der Waals surface area (Å²) in [5.41, 5.74) is 1.00. The maximum atomic E-state index is 13.3. The van der Waals surface area contributed by atoms with Crippen LogP contribution in [-0.4, -0.2) is 35.0 Å². The zero-order valence-corrected chi connectivity index (χ0v) is 15.7. The van der Waals surface area contributed by atoms with Crippen LogP contribution in [0.15, 0.2) is 48.5 Å². The number of aromatic nitrogens is 1. The van der Waals surface area contributed by atoms with Gasteiger partial charge in [-0.1, -0.05) is 24.3 Å². The van der Waals surface area contributed by atoms with Gasteiger partial charge < -0.3 is 14.4 Å². The number of ether oxygens (including phenoxy) is 2. The third-order valence-electron chi connectivity index (χ3n) is 5.17. The predicted octanol–water partition coefficient (Wildman–Crippen LogP) is 4.19. The van der Waals surface area contributed by atoms with Gasteiger partial charge in [0, 0.05) is 6.54 Å². The van der Waals surface area contributed by atoms with Crippen molar-refractivity contribution in [2.75, 3.05) is 13.2 Å². The standard InChI is InChI=1S/C21H20N2O3S/c24-21(18-13-25-16-9-2-3-10-17(16)26-18)23-12-6-5-8-15(23)20-22-14-7-1-4-11-19(14)27-20/h1-4,7,9-11,15,18H,5-6,8,12-13H2/t15-,18-/m0/s1. The summed E-state index contributed by atoms with van der Waals surface area (Å²) in [5.74, 6) is 1.33. The number of para-hydroxylation sites is 3. The lowest BCUT2D eigenvalue weighted by molar-refractivity contribution is -0.145. The molecule has 0 saturated carbocycles. The number of nitrogens with zero attached hydrogens (tertiary/aromatic N) is 2. The van der Waals surface area contributed by atoms with Crippen LogP contribution < -0.4 is 9.47 Å². The quantitative estimate of drug-likeness (QED) is 0.669. The highest BCUT2D eigenvalue weighted by Gasteiger charge is 2.37. The van der Waals surface area contributed by atoms with Crippen LogP contribution in [0.1, 0.15) is 30.3 Å². The van der Waals surface area contributed by atoms with Crippen LogP contribution in [0, 0.1) is 0 Å². The van der Waals surface area contributed by atoms with Crippen LogP contribution in [0.3, 0.4) is 0 Å². The first-order valence-electron chi connectivity index (χ1n) is 9.34. The molecule has 27 heavy (non-hydrogen) atoms. The molecule has 0 aliphatic carbocycles. The zero-order chi connectivity index (χ0) is 18.2. The van der Waals surface area contributed by atoms with Gasteiger partial charge in [0.2, 0.25) is 6.10 Å². The van der Waals surface area contributed by atoms with Gasteiger partial charge in [0.1, 0.15) is 11.6 Å². The molecule has 0 radical (unpaired) electrons. The van der Waals surface area contributed by atoms with Crippen molar-refractivity contribution in [3.8, 4) is 11.5 Å². The maximum Gasteiger partial charge on any atom is 0.267 e. The smallest absolute Gasteiger partial charge is 0.267 e. The SMILES string of the molecule is O=C([C@@H]1COc2ccccc2O1)N1CCCC[C@H]1c1nc2ccccc2s1. The van der Waals surface area contributed by atoms with Crippen LogP contribution in [0.25, 0.3) is 10.2 Å². The molecule has 2 atom stereocenters. The van der Waals surface area contributed by atoms with Gasteiger partial charge in [0.05, 0.1) is 16.3 Å². The highest BCUT2D eigenvalue weighted by Crippen LogP contribution is 2.37. The van der Waals surface area contributed by atoms with E-state index in [1.165, 1.54) is 0 Å². The van der Waals surface area contributed by atoms with E-state index in [2.05, 4.69) is 6.07 Å². The Kier molecular flexibility index (Phi) is 4.20. The van der Waals surface area contributed by atoms with Gasteiger partial charge in [0.15, 0.2) is 11.5 Å². The van der Waals surface area contributed by atoms with E-state index in [1.54, 1.807) is 11.3 Å². The van der Waals surface area contributed by atoms with Crippen molar-refractivity contribution < 1.29 is 14.3 Å². The lowest BCUT2D eigenvalue weighted by Gasteiger charge is -2.37. The number of carbonyl (C=O) groups is 1. The Morgan fingerprint density at radius 3 is 2.78 bits per heavy atom. The first kappa shape index (κ1) is 16.6. The van der Waals surface area contributed by atoms with Crippen LogP contribution >= 0.6 is 11.3 Å². The van der Waals surface area contributed by atoms with Crippen molar-refractivity contribution >= 4 is 27.5 Å². The van der Waals surface area contributed by atoms with Gasteiger partial charge in [-0.25, -0.2) is 4.98 Å². The van der Waals surface area contributed by atoms with Crippen molar-refractivity contribution in [1.29, 1.82) is 0 Å². The first-order valence-corrected chi connectivity index (χ1v) is 10.2. The second-order valence-electron chi connectivity index (χ2n) is 6.93. The lowest BCUT2D eigenvalue weighted by Crippen LogP contribution is -2.49. The Morgan fingerprint density at radius 1 is 1.07 bits per heavy atom. The number of hydrogen-bond donors (Lipinski definition) is 0. The molecule has 2 aliphatic heterocycles. The summed E-state index contributed by atoms with van der Waals surface area (Å²) in [5, 5.41) is 1.02. The van der Waals surface area contributed by atoms with Crippen LogP contribution in [0.5, 0.6) is 11.5 Å². The fraction of sp³-hybridized carbons (Fsp3) is 0.333. The largest absolute Gasteiger partial charge is 0.485 e. The average molecular weight is 380 g/mol. The van der Waals surface area contributed by atoms with E-state index in [-0.39, 0.29) is 18.6 Å². The van der Waals surface area contributed by atoms with E-state index in [4.69, 9.17) is 14.5 Å². The van der Waals surface area contributed by atoms with Crippen LogP contribution in [-0.2, 0) is 4.79 Å². The minimum absolute atomic E-state index is 0.00606. The highest BCUT2D eigenvalue weighted by molar-refractivity contribution is 7.18. The number of hydrogen-bond acceptors (Lipinski definition) is 5. The molecule has 5 rings (SSSR count). The number of likely N-dealkylation sites (tertiary alicyclic amines) is 1. The molecule has 0 unspecified atom stereocenters. The monoisotopic (exact) mass is 380 g/mol. The molecule has 2 aliphatic rings. The number of piperidine rings is 1. The summed E-state index contributed by atoms with van der Waals surface area (Å²) < 4.78 is 12.9. The summed E-state index contributed by atoms with van der Waals surface area (Å²) in [4.78, 5) is 20.0. The molecule has 1 fully saturated rings. The van der Waals surface area contributed by atoms with E-state index >= 15 is 0 Å². The maximum absolute atomic E-state index is 13.3. The molecule has 6 heteroatoms. The van der Waals surface area contributed by atoms with Gasteiger partial charge in [0.25, 0.3) is 5.91 Å². The Balaban J connectivity index is 1.41. The van der Waals surface area contributed by atoms with Crippen molar-refractivity contribution in [3.05, 3.63) is 53.5 Å². The number of carbonyl (C=O) groups excluding carboxylic acids is 1. The number of amides is 1. The molecule has 138 valence electrons. The minimum atomic E-state index is -0.602. The Morgan fingerprint density at radius 2 is 1.89 bits per heavy atom. The van der Waals surface area contributed by atoms with Gasteiger partial charge in [-0.3, -0.25) is 4.79 Å². The molecular formula is C21H20N2O3S. The summed E-state index contributed by atoms with van der Waals surface area (Å²) in [6.45, 7) is 0.986. The summed E-state index contributed by atoms with van der Waals surface area (Å²) in [6.07, 6.45) is 2.46. The number of fused-ring (bicyclic) bond motifs is 2. The van der Waals surface area contributed by atoms with Gasteiger partial charge in [-0.05, 0) is 43.5 Å². The summed E-state index contributed by atoms with van der Waals surface area (Å²) in [6, 6.07) is 15.7. The third-order valence-corrected chi connectivity index (χ3v) is 6.30. The molecule has 3 aromatic rings. The van der Waals surface area contributed by atoms with Gasteiger partial charge >= 0.3 is 0 Å². The molecule has 0 bridgehead atoms. The Bertz CT molecular complexity index is 953. The molecule has 0 spiro atoms. The summed E-state index contributed by atoms with van der Waals surface area (Å²) in [7, 11) is 0. The Labute approximate surface area is 161 Å². The van der Waals surface area contributed by atoms with Crippen molar-refractivity contribution in [1.82, 2.24) is 9.88 Å². The number of rotatable bonds is 2. The van der Waals surface area contributed by atoms with E-state index in [1.807, 2.05) is 47.4 Å². The van der Waals surface area contributed by atoms with Gasteiger partial charge in [-0.15, -0.1) is 11.3 Å². The molecule has 5 nitrogen and oxygen atoms in total. The molecular weight excluding hydrogens is 360 g/mol. The molecule has 1 aromatic heterocycles. The molecule has 1 saturated heterocycles. The lowest BCUT2D eigenvalue weighted by atomic mass is 10.0. The second-order valence-corrected chi connectivity index (χ2v) is 7.99. The number of benzene rings is 2. The fourth-order valence-electron chi connectivity index (χ4n) is 3.81. The van der Waals surface area contributed by atoms with Crippen molar-refractivity contribution in [2.45, 2.75) is 31.4 Å². The Hall–Kier alpha value is -2.60. The average Bonchev–Trinajstić information content (AvgIpc) is 3.17. The van der Waals surface area contributed by atoms with Gasteiger partial charge in [-0.2, -0.15) is 0 Å². The molecule has 0 N–H and O–H groups in total. The molecule has 2 aromatic carbocycles. The fourth-order valence-corrected chi connectivity index (χ4v) is 4.93. The van der Waals surface area contributed by atoms with E-state index in [0.29, 0.717) is 11.5 Å². The number of thiazole rings is 1. The van der Waals surface area contributed by atoms with E-state index in [9.17, 15) is 4.79 Å². The topological polar surface area (TPSA) is 51.7 Å². The molecule has 1 amide bonds. The van der Waals surface area contributed by atoms with Crippen LogP contribution in [0.2, 0.25) is 0 Å². The summed E-state index contributed by atoms with van der Waals surface area (Å²) >= 11 is 1.68. The predicted molar refractivity (Wildman–Crippen MR) is 104 cm³/mol. The van der Waals surface area contributed by atoms with Crippen LogP contribution in [0.4, 0.5) is 0 Å². The first-order chi connectivity index (χ1) is 13.3. The third kappa shape index (κ3) is 3.04. The second kappa shape index (κ2) is 6.85. The van der Waals surface area contributed by atoms with Crippen molar-refractivity contribution in [3.63, 3.8) is 0 Å². The normalized spacial score (nSPS) is 22.0. The van der Waals surface area contributed by atoms with E-state index in [0.717, 1.165) is 41.0 Å². The molecule has 3 heterocycles. The zero-order valence-electron chi connectivity index (χ0n) is 14.8. The van der Waals surface area contributed by atoms with Crippen molar-refractivity contribution in [2.24, 2.45) is 0 Å². The van der Waals surface area contributed by atoms with E-state index < -0.39 is 6.10 Å².